The number of rotatable bonds is 2. The second-order valence-corrected chi connectivity index (χ2v) is 6.50. The van der Waals surface area contributed by atoms with E-state index in [4.69, 9.17) is 10.5 Å². The number of carbonyl (C=O) groups is 1. The van der Waals surface area contributed by atoms with Crippen molar-refractivity contribution in [1.82, 2.24) is 4.90 Å². The van der Waals surface area contributed by atoms with Crippen molar-refractivity contribution >= 4 is 6.09 Å². The molecular formula is C16H24N2O2. The predicted octanol–water partition coefficient (Wildman–Crippen LogP) is 2.42. The summed E-state index contributed by atoms with van der Waals surface area (Å²) in [5.41, 5.74) is 6.97. The van der Waals surface area contributed by atoms with Gasteiger partial charge in [-0.25, -0.2) is 4.79 Å². The molecule has 0 bridgehead atoms. The maximum Gasteiger partial charge on any atom is 0.410 e. The predicted molar refractivity (Wildman–Crippen MR) is 79.4 cm³/mol. The standard InChI is InChI=1S/C16H24N2O2/c1-16(2,3)20-15(19)18-10-13(14(17)11-18)9-12-7-5-4-6-8-12/h4-8,13-14H,9-11,17H2,1-3H3/t13-,14+/m0/s1. The fraction of sp³-hybridized carbons (Fsp3) is 0.562. The third-order valence-electron chi connectivity index (χ3n) is 3.48. The molecule has 1 amide bonds. The van der Waals surface area contributed by atoms with Crippen molar-refractivity contribution in [3.05, 3.63) is 35.9 Å². The number of hydrogen-bond donors (Lipinski definition) is 1. The van der Waals surface area contributed by atoms with Gasteiger partial charge in [-0.05, 0) is 38.7 Å². The topological polar surface area (TPSA) is 55.6 Å². The van der Waals surface area contributed by atoms with E-state index in [1.54, 1.807) is 4.90 Å². The van der Waals surface area contributed by atoms with E-state index in [2.05, 4.69) is 12.1 Å². The van der Waals surface area contributed by atoms with Crippen LogP contribution in [0.2, 0.25) is 0 Å². The summed E-state index contributed by atoms with van der Waals surface area (Å²) in [6.45, 7) is 6.88. The Morgan fingerprint density at radius 2 is 1.95 bits per heavy atom. The van der Waals surface area contributed by atoms with Crippen LogP contribution in [0, 0.1) is 5.92 Å². The Bertz CT molecular complexity index is 453. The molecule has 2 N–H and O–H groups in total. The maximum absolute atomic E-state index is 12.1. The Morgan fingerprint density at radius 3 is 2.55 bits per heavy atom. The van der Waals surface area contributed by atoms with E-state index < -0.39 is 5.60 Å². The van der Waals surface area contributed by atoms with Crippen molar-refractivity contribution in [2.45, 2.75) is 38.8 Å². The minimum atomic E-state index is -0.460. The fourth-order valence-corrected chi connectivity index (χ4v) is 2.50. The van der Waals surface area contributed by atoms with Crippen LogP contribution in [0.15, 0.2) is 30.3 Å². The van der Waals surface area contributed by atoms with Crippen LogP contribution in [-0.2, 0) is 11.2 Å². The first kappa shape index (κ1) is 14.9. The molecule has 20 heavy (non-hydrogen) atoms. The lowest BCUT2D eigenvalue weighted by atomic mass is 9.95. The molecule has 1 aromatic carbocycles. The van der Waals surface area contributed by atoms with Crippen LogP contribution in [-0.4, -0.2) is 35.7 Å². The quantitative estimate of drug-likeness (QED) is 0.902. The molecule has 110 valence electrons. The Kier molecular flexibility index (Phi) is 4.33. The van der Waals surface area contributed by atoms with Gasteiger partial charge < -0.3 is 15.4 Å². The van der Waals surface area contributed by atoms with Gasteiger partial charge in [-0.15, -0.1) is 0 Å². The molecule has 1 fully saturated rings. The zero-order valence-corrected chi connectivity index (χ0v) is 12.5. The number of nitrogens with zero attached hydrogens (tertiary/aromatic N) is 1. The number of likely N-dealkylation sites (tertiary alicyclic amines) is 1. The highest BCUT2D eigenvalue weighted by Crippen LogP contribution is 2.22. The third kappa shape index (κ3) is 3.97. The molecule has 0 unspecified atom stereocenters. The van der Waals surface area contributed by atoms with Gasteiger partial charge in [0, 0.05) is 19.1 Å². The van der Waals surface area contributed by atoms with Gasteiger partial charge in [0.25, 0.3) is 0 Å². The average Bonchev–Trinajstić information content (AvgIpc) is 2.70. The molecule has 0 aromatic heterocycles. The first-order valence-electron chi connectivity index (χ1n) is 7.12. The van der Waals surface area contributed by atoms with E-state index >= 15 is 0 Å². The van der Waals surface area contributed by atoms with Gasteiger partial charge in [-0.3, -0.25) is 0 Å². The van der Waals surface area contributed by atoms with Crippen molar-refractivity contribution in [1.29, 1.82) is 0 Å². The molecule has 4 heteroatoms. The molecule has 0 aliphatic carbocycles. The van der Waals surface area contributed by atoms with Gasteiger partial charge >= 0.3 is 6.09 Å². The number of carbonyl (C=O) groups excluding carboxylic acids is 1. The summed E-state index contributed by atoms with van der Waals surface area (Å²) in [5.74, 6) is 0.296. The lowest BCUT2D eigenvalue weighted by Gasteiger charge is -2.24. The highest BCUT2D eigenvalue weighted by molar-refractivity contribution is 5.68. The van der Waals surface area contributed by atoms with Crippen molar-refractivity contribution in [2.75, 3.05) is 13.1 Å². The lowest BCUT2D eigenvalue weighted by molar-refractivity contribution is 0.0287. The van der Waals surface area contributed by atoms with Gasteiger partial charge in [-0.2, -0.15) is 0 Å². The smallest absolute Gasteiger partial charge is 0.410 e. The fourth-order valence-electron chi connectivity index (χ4n) is 2.50. The van der Waals surface area contributed by atoms with Crippen molar-refractivity contribution in [2.24, 2.45) is 11.7 Å². The molecule has 0 spiro atoms. The number of nitrogens with two attached hydrogens (primary N) is 1. The lowest BCUT2D eigenvalue weighted by Crippen LogP contribution is -2.36. The summed E-state index contributed by atoms with van der Waals surface area (Å²) in [7, 11) is 0. The van der Waals surface area contributed by atoms with E-state index in [0.29, 0.717) is 19.0 Å². The van der Waals surface area contributed by atoms with E-state index in [1.165, 1.54) is 5.56 Å². The van der Waals surface area contributed by atoms with E-state index in [0.717, 1.165) is 6.42 Å². The zero-order chi connectivity index (χ0) is 14.8. The Balaban J connectivity index is 1.94. The summed E-state index contributed by atoms with van der Waals surface area (Å²) >= 11 is 0. The van der Waals surface area contributed by atoms with E-state index in [-0.39, 0.29) is 12.1 Å². The summed E-state index contributed by atoms with van der Waals surface area (Å²) in [5, 5.41) is 0. The first-order valence-corrected chi connectivity index (χ1v) is 7.12. The summed E-state index contributed by atoms with van der Waals surface area (Å²) in [4.78, 5) is 13.8. The van der Waals surface area contributed by atoms with Gasteiger partial charge in [-0.1, -0.05) is 30.3 Å². The highest BCUT2D eigenvalue weighted by atomic mass is 16.6. The van der Waals surface area contributed by atoms with Crippen molar-refractivity contribution < 1.29 is 9.53 Å². The molecule has 2 rings (SSSR count). The van der Waals surface area contributed by atoms with Crippen LogP contribution < -0.4 is 5.73 Å². The molecule has 0 radical (unpaired) electrons. The largest absolute Gasteiger partial charge is 0.444 e. The minimum Gasteiger partial charge on any atom is -0.444 e. The van der Waals surface area contributed by atoms with Crippen LogP contribution >= 0.6 is 0 Å². The minimum absolute atomic E-state index is 0.0164. The number of amides is 1. The Morgan fingerprint density at radius 1 is 1.30 bits per heavy atom. The SMILES string of the molecule is CC(C)(C)OC(=O)N1C[C@H](Cc2ccccc2)[C@H](N)C1. The number of benzene rings is 1. The normalized spacial score (nSPS) is 22.9. The Labute approximate surface area is 120 Å². The van der Waals surface area contributed by atoms with Gasteiger partial charge in [0.05, 0.1) is 0 Å². The van der Waals surface area contributed by atoms with E-state index in [1.807, 2.05) is 39.0 Å². The zero-order valence-electron chi connectivity index (χ0n) is 12.5. The maximum atomic E-state index is 12.1. The van der Waals surface area contributed by atoms with Crippen molar-refractivity contribution in [3.63, 3.8) is 0 Å². The second kappa shape index (κ2) is 5.83. The molecule has 1 aliphatic heterocycles. The molecule has 1 saturated heterocycles. The summed E-state index contributed by atoms with van der Waals surface area (Å²) in [6, 6.07) is 10.3. The monoisotopic (exact) mass is 276 g/mol. The molecule has 4 nitrogen and oxygen atoms in total. The Hall–Kier alpha value is -1.55. The highest BCUT2D eigenvalue weighted by Gasteiger charge is 2.34. The van der Waals surface area contributed by atoms with Gasteiger partial charge in [0.15, 0.2) is 0 Å². The molecule has 1 aromatic rings. The van der Waals surface area contributed by atoms with Crippen LogP contribution in [0.3, 0.4) is 0 Å². The van der Waals surface area contributed by atoms with Crippen LogP contribution in [0.1, 0.15) is 26.3 Å². The number of ether oxygens (including phenoxy) is 1. The molecule has 2 atom stereocenters. The van der Waals surface area contributed by atoms with Gasteiger partial charge in [0.2, 0.25) is 0 Å². The van der Waals surface area contributed by atoms with E-state index in [9.17, 15) is 4.79 Å². The average molecular weight is 276 g/mol. The molecule has 1 heterocycles. The van der Waals surface area contributed by atoms with Crippen LogP contribution in [0.25, 0.3) is 0 Å². The van der Waals surface area contributed by atoms with Crippen LogP contribution in [0.4, 0.5) is 4.79 Å². The second-order valence-electron chi connectivity index (χ2n) is 6.50. The summed E-state index contributed by atoms with van der Waals surface area (Å²) < 4.78 is 5.40. The first-order chi connectivity index (χ1) is 9.35. The third-order valence-corrected chi connectivity index (χ3v) is 3.48. The molecule has 1 aliphatic rings. The van der Waals surface area contributed by atoms with Gasteiger partial charge in [0.1, 0.15) is 5.60 Å². The van der Waals surface area contributed by atoms with Crippen molar-refractivity contribution in [3.8, 4) is 0 Å². The molecule has 0 saturated carbocycles. The summed E-state index contributed by atoms with van der Waals surface area (Å²) in [6.07, 6.45) is 0.643. The molecular weight excluding hydrogens is 252 g/mol. The number of hydrogen-bond acceptors (Lipinski definition) is 3. The van der Waals surface area contributed by atoms with Crippen LogP contribution in [0.5, 0.6) is 0 Å².